The second-order valence-corrected chi connectivity index (χ2v) is 9.33. The zero-order valence-corrected chi connectivity index (χ0v) is 18.8. The molecule has 0 spiro atoms. The molecule has 0 aromatic heterocycles. The molecule has 0 aliphatic heterocycles. The minimum absolute atomic E-state index is 0.178. The maximum atomic E-state index is 9.82. The van der Waals surface area contributed by atoms with Crippen molar-refractivity contribution in [2.24, 2.45) is 5.92 Å². The van der Waals surface area contributed by atoms with Crippen LogP contribution in [-0.2, 0) is 10.8 Å². The van der Waals surface area contributed by atoms with Crippen LogP contribution in [0.5, 0.6) is 17.2 Å². The van der Waals surface area contributed by atoms with Crippen molar-refractivity contribution in [3.63, 3.8) is 0 Å². The number of allylic oxidation sites excluding steroid dienone is 4. The van der Waals surface area contributed by atoms with Crippen LogP contribution in [0.1, 0.15) is 43.9 Å². The van der Waals surface area contributed by atoms with E-state index >= 15 is 0 Å². The van der Waals surface area contributed by atoms with E-state index in [1.807, 2.05) is 36.4 Å². The molecule has 1 aliphatic carbocycles. The van der Waals surface area contributed by atoms with Crippen molar-refractivity contribution in [1.82, 2.24) is 0 Å². The Morgan fingerprint density at radius 1 is 0.625 bits per heavy atom. The van der Waals surface area contributed by atoms with Gasteiger partial charge in [0, 0.05) is 10.8 Å². The zero-order valence-electron chi connectivity index (χ0n) is 18.8. The van der Waals surface area contributed by atoms with Crippen molar-refractivity contribution in [2.75, 3.05) is 0 Å². The molecule has 3 aromatic carbocycles. The van der Waals surface area contributed by atoms with E-state index in [1.54, 1.807) is 36.4 Å². The van der Waals surface area contributed by atoms with Crippen LogP contribution < -0.4 is 0 Å². The van der Waals surface area contributed by atoms with E-state index in [9.17, 15) is 15.3 Å². The van der Waals surface area contributed by atoms with E-state index in [-0.39, 0.29) is 34.0 Å². The number of phenolic OH excluding ortho intramolecular Hbond substituents is 3. The Morgan fingerprint density at radius 3 is 1.41 bits per heavy atom. The molecule has 1 unspecified atom stereocenters. The number of hydrogen-bond acceptors (Lipinski definition) is 3. The summed E-state index contributed by atoms with van der Waals surface area (Å²) in [5, 5.41) is 29.3. The number of benzene rings is 3. The largest absolute Gasteiger partial charge is 0.508 e. The SMILES string of the molecule is CC(C)(C1=CCC(C(C)(c2ccc(O)cc2)c2ccc(O)cc2)C=C1)c1ccc(O)cc1. The molecule has 1 atom stereocenters. The normalized spacial score (nSPS) is 16.6. The molecular formula is C29H30O3. The summed E-state index contributed by atoms with van der Waals surface area (Å²) in [7, 11) is 0. The Kier molecular flexibility index (Phi) is 5.60. The van der Waals surface area contributed by atoms with Gasteiger partial charge in [-0.15, -0.1) is 0 Å². The monoisotopic (exact) mass is 426 g/mol. The molecule has 0 heterocycles. The second kappa shape index (κ2) is 8.23. The Hall–Kier alpha value is -3.46. The number of aromatic hydroxyl groups is 3. The lowest BCUT2D eigenvalue weighted by atomic mass is 9.63. The fraction of sp³-hybridized carbons (Fsp3) is 0.241. The van der Waals surface area contributed by atoms with Crippen molar-refractivity contribution >= 4 is 0 Å². The number of rotatable bonds is 5. The number of phenols is 3. The fourth-order valence-electron chi connectivity index (χ4n) is 4.77. The van der Waals surface area contributed by atoms with Gasteiger partial charge in [0.1, 0.15) is 17.2 Å². The summed E-state index contributed by atoms with van der Waals surface area (Å²) in [5.74, 6) is 0.977. The Morgan fingerprint density at radius 2 is 1.03 bits per heavy atom. The standard InChI is InChI=1S/C29H30O3/c1-28(2,21-8-14-25(30)15-9-21)20-4-6-22(7-5-20)29(3,23-10-16-26(31)17-11-23)24-12-18-27(32)19-13-24/h4-6,8-19,22,30-32H,7H2,1-3H3. The van der Waals surface area contributed by atoms with Crippen LogP contribution in [0.2, 0.25) is 0 Å². The molecule has 0 saturated heterocycles. The lowest BCUT2D eigenvalue weighted by Gasteiger charge is -2.40. The van der Waals surface area contributed by atoms with Gasteiger partial charge in [0.05, 0.1) is 0 Å². The fourth-order valence-corrected chi connectivity index (χ4v) is 4.77. The Balaban J connectivity index is 1.69. The van der Waals surface area contributed by atoms with Crippen molar-refractivity contribution in [2.45, 2.75) is 38.0 Å². The predicted molar refractivity (Wildman–Crippen MR) is 129 cm³/mol. The van der Waals surface area contributed by atoms with Crippen molar-refractivity contribution in [3.8, 4) is 17.2 Å². The lowest BCUT2D eigenvalue weighted by Crippen LogP contribution is -2.33. The first-order chi connectivity index (χ1) is 15.2. The molecule has 4 rings (SSSR count). The molecule has 164 valence electrons. The van der Waals surface area contributed by atoms with Crippen molar-refractivity contribution in [3.05, 3.63) is 113 Å². The molecule has 0 radical (unpaired) electrons. The first-order valence-electron chi connectivity index (χ1n) is 11.0. The molecule has 0 saturated carbocycles. The van der Waals surface area contributed by atoms with E-state index in [0.717, 1.165) is 23.1 Å². The van der Waals surface area contributed by atoms with Gasteiger partial charge in [-0.05, 0) is 71.0 Å². The molecule has 3 nitrogen and oxygen atoms in total. The number of hydrogen-bond donors (Lipinski definition) is 3. The predicted octanol–water partition coefficient (Wildman–Crippen LogP) is 6.59. The minimum atomic E-state index is -0.331. The first kappa shape index (κ1) is 21.8. The highest BCUT2D eigenvalue weighted by Crippen LogP contribution is 2.45. The van der Waals surface area contributed by atoms with Gasteiger partial charge in [-0.25, -0.2) is 0 Å². The van der Waals surface area contributed by atoms with Crippen molar-refractivity contribution < 1.29 is 15.3 Å². The first-order valence-corrected chi connectivity index (χ1v) is 11.0. The summed E-state index contributed by atoms with van der Waals surface area (Å²) < 4.78 is 0. The highest BCUT2D eigenvalue weighted by atomic mass is 16.3. The molecular weight excluding hydrogens is 396 g/mol. The topological polar surface area (TPSA) is 60.7 Å². The summed E-state index contributed by atoms with van der Waals surface area (Å²) in [6, 6.07) is 22.3. The van der Waals surface area contributed by atoms with Gasteiger partial charge in [0.15, 0.2) is 0 Å². The molecule has 3 N–H and O–H groups in total. The molecule has 32 heavy (non-hydrogen) atoms. The molecule has 3 heteroatoms. The summed E-state index contributed by atoms with van der Waals surface area (Å²) in [4.78, 5) is 0. The Bertz CT molecular complexity index is 1090. The molecule has 0 fully saturated rings. The maximum Gasteiger partial charge on any atom is 0.115 e. The molecule has 3 aromatic rings. The second-order valence-electron chi connectivity index (χ2n) is 9.33. The highest BCUT2D eigenvalue weighted by molar-refractivity contribution is 5.48. The lowest BCUT2D eigenvalue weighted by molar-refractivity contribution is 0.408. The zero-order chi connectivity index (χ0) is 22.9. The van der Waals surface area contributed by atoms with Gasteiger partial charge >= 0.3 is 0 Å². The third-order valence-electron chi connectivity index (χ3n) is 7.09. The van der Waals surface area contributed by atoms with E-state index in [1.165, 1.54) is 5.57 Å². The van der Waals surface area contributed by atoms with Crippen LogP contribution in [0.15, 0.2) is 96.6 Å². The van der Waals surface area contributed by atoms with Gasteiger partial charge in [-0.2, -0.15) is 0 Å². The molecule has 0 amide bonds. The summed E-state index contributed by atoms with van der Waals surface area (Å²) in [5.41, 5.74) is 4.13. The van der Waals surface area contributed by atoms with Gasteiger partial charge in [0.25, 0.3) is 0 Å². The summed E-state index contributed by atoms with van der Waals surface area (Å²) >= 11 is 0. The third kappa shape index (κ3) is 3.91. The summed E-state index contributed by atoms with van der Waals surface area (Å²) in [6.07, 6.45) is 7.69. The van der Waals surface area contributed by atoms with E-state index in [4.69, 9.17) is 0 Å². The molecule has 0 bridgehead atoms. The smallest absolute Gasteiger partial charge is 0.115 e. The van der Waals surface area contributed by atoms with Crippen LogP contribution in [0.25, 0.3) is 0 Å². The van der Waals surface area contributed by atoms with E-state index in [2.05, 4.69) is 39.0 Å². The van der Waals surface area contributed by atoms with Gasteiger partial charge in [0.2, 0.25) is 0 Å². The molecule has 1 aliphatic rings. The van der Waals surface area contributed by atoms with Crippen LogP contribution >= 0.6 is 0 Å². The quantitative estimate of drug-likeness (QED) is 0.431. The average molecular weight is 427 g/mol. The van der Waals surface area contributed by atoms with Gasteiger partial charge < -0.3 is 15.3 Å². The maximum absolute atomic E-state index is 9.82. The van der Waals surface area contributed by atoms with Crippen LogP contribution in [0.4, 0.5) is 0 Å². The van der Waals surface area contributed by atoms with Crippen LogP contribution in [0.3, 0.4) is 0 Å². The third-order valence-corrected chi connectivity index (χ3v) is 7.09. The van der Waals surface area contributed by atoms with Crippen LogP contribution in [-0.4, -0.2) is 15.3 Å². The van der Waals surface area contributed by atoms with E-state index < -0.39 is 0 Å². The van der Waals surface area contributed by atoms with Crippen molar-refractivity contribution in [1.29, 1.82) is 0 Å². The highest BCUT2D eigenvalue weighted by Gasteiger charge is 2.38. The minimum Gasteiger partial charge on any atom is -0.508 e. The van der Waals surface area contributed by atoms with Gasteiger partial charge in [-0.3, -0.25) is 0 Å². The summed E-state index contributed by atoms with van der Waals surface area (Å²) in [6.45, 7) is 6.63. The van der Waals surface area contributed by atoms with Gasteiger partial charge in [-0.1, -0.05) is 75.4 Å². The van der Waals surface area contributed by atoms with E-state index in [0.29, 0.717) is 0 Å². The van der Waals surface area contributed by atoms with Crippen LogP contribution in [0, 0.1) is 5.92 Å². The Labute approximate surface area is 190 Å². The average Bonchev–Trinajstić information content (AvgIpc) is 2.80.